The number of hydrogen-bond acceptors (Lipinski definition) is 5. The molecular weight excluding hydrogens is 426 g/mol. The standard InChI is InChI=1S/C26H27N7O/c1-3-25(34)31-23-8-5-9-24(11-23)33-17-22(15-30-33)20-12-27-26(28-13-20)19-7-4-6-18(10-19)21-14-29-32(2)16-21/h3-4,6-7,10,12-17,23-24H,1,5,8-9,11H2,2H3,(H,31,34)/t23-,24+/m1/s1. The predicted molar refractivity (Wildman–Crippen MR) is 131 cm³/mol. The van der Waals surface area contributed by atoms with Crippen LogP contribution in [0.15, 0.2) is 74.1 Å². The molecule has 0 saturated heterocycles. The van der Waals surface area contributed by atoms with Crippen molar-refractivity contribution in [1.82, 2.24) is 34.8 Å². The molecule has 1 amide bonds. The van der Waals surface area contributed by atoms with E-state index in [9.17, 15) is 4.79 Å². The van der Waals surface area contributed by atoms with E-state index in [1.165, 1.54) is 6.08 Å². The van der Waals surface area contributed by atoms with E-state index < -0.39 is 0 Å². The summed E-state index contributed by atoms with van der Waals surface area (Å²) >= 11 is 0. The fraction of sp³-hybridized carbons (Fsp3) is 0.269. The lowest BCUT2D eigenvalue weighted by atomic mass is 9.91. The zero-order chi connectivity index (χ0) is 23.5. The Morgan fingerprint density at radius 3 is 2.53 bits per heavy atom. The second-order valence-corrected chi connectivity index (χ2v) is 8.72. The molecule has 0 aliphatic heterocycles. The third-order valence-electron chi connectivity index (χ3n) is 6.30. The van der Waals surface area contributed by atoms with Crippen LogP contribution in [0.2, 0.25) is 0 Å². The minimum atomic E-state index is -0.116. The van der Waals surface area contributed by atoms with Crippen LogP contribution in [0.3, 0.4) is 0 Å². The summed E-state index contributed by atoms with van der Waals surface area (Å²) in [5.74, 6) is 0.560. The summed E-state index contributed by atoms with van der Waals surface area (Å²) < 4.78 is 3.80. The molecule has 0 spiro atoms. The molecular formula is C26H27N7O. The van der Waals surface area contributed by atoms with Gasteiger partial charge in [-0.05, 0) is 43.4 Å². The molecule has 2 atom stereocenters. The molecule has 0 unspecified atom stereocenters. The van der Waals surface area contributed by atoms with Crippen molar-refractivity contribution >= 4 is 5.91 Å². The number of hydrogen-bond donors (Lipinski definition) is 1. The Bertz CT molecular complexity index is 1300. The van der Waals surface area contributed by atoms with Gasteiger partial charge in [-0.2, -0.15) is 10.2 Å². The van der Waals surface area contributed by atoms with E-state index in [0.29, 0.717) is 5.82 Å². The van der Waals surface area contributed by atoms with Crippen LogP contribution in [0.1, 0.15) is 31.7 Å². The molecule has 5 rings (SSSR count). The number of carbonyl (C=O) groups excluding carboxylic acids is 1. The topological polar surface area (TPSA) is 90.5 Å². The number of nitrogens with one attached hydrogen (secondary N) is 1. The molecule has 4 aromatic rings. The van der Waals surface area contributed by atoms with Crippen LogP contribution in [0.5, 0.6) is 0 Å². The van der Waals surface area contributed by atoms with Crippen molar-refractivity contribution in [2.24, 2.45) is 7.05 Å². The van der Waals surface area contributed by atoms with Gasteiger partial charge in [0.2, 0.25) is 5.91 Å². The zero-order valence-corrected chi connectivity index (χ0v) is 19.1. The average molecular weight is 454 g/mol. The Morgan fingerprint density at radius 1 is 1.00 bits per heavy atom. The highest BCUT2D eigenvalue weighted by Crippen LogP contribution is 2.30. The molecule has 1 aliphatic carbocycles. The van der Waals surface area contributed by atoms with E-state index in [-0.39, 0.29) is 18.0 Å². The monoisotopic (exact) mass is 453 g/mol. The fourth-order valence-corrected chi connectivity index (χ4v) is 4.52. The third-order valence-corrected chi connectivity index (χ3v) is 6.30. The first-order valence-corrected chi connectivity index (χ1v) is 11.5. The molecule has 1 aromatic carbocycles. The van der Waals surface area contributed by atoms with Crippen LogP contribution in [-0.2, 0) is 11.8 Å². The van der Waals surface area contributed by atoms with Crippen molar-refractivity contribution in [3.63, 3.8) is 0 Å². The van der Waals surface area contributed by atoms with Crippen LogP contribution in [-0.4, -0.2) is 41.5 Å². The minimum Gasteiger partial charge on any atom is -0.350 e. The molecule has 0 bridgehead atoms. The van der Waals surface area contributed by atoms with Gasteiger partial charge in [0.15, 0.2) is 5.82 Å². The summed E-state index contributed by atoms with van der Waals surface area (Å²) in [7, 11) is 1.91. The Morgan fingerprint density at radius 2 is 1.76 bits per heavy atom. The molecule has 3 heterocycles. The lowest BCUT2D eigenvalue weighted by Gasteiger charge is -2.29. The van der Waals surface area contributed by atoms with Crippen molar-refractivity contribution in [2.75, 3.05) is 0 Å². The van der Waals surface area contributed by atoms with Gasteiger partial charge in [0.05, 0.1) is 18.4 Å². The highest BCUT2D eigenvalue weighted by Gasteiger charge is 2.24. The first-order valence-electron chi connectivity index (χ1n) is 11.5. The maximum Gasteiger partial charge on any atom is 0.243 e. The SMILES string of the molecule is C=CC(=O)N[C@@H]1CCC[C@H](n2cc(-c3cnc(-c4cccc(-c5cnn(C)c5)c4)nc3)cn2)C1. The van der Waals surface area contributed by atoms with E-state index >= 15 is 0 Å². The van der Waals surface area contributed by atoms with E-state index in [4.69, 9.17) is 0 Å². The fourth-order valence-electron chi connectivity index (χ4n) is 4.52. The van der Waals surface area contributed by atoms with Gasteiger partial charge in [0.25, 0.3) is 0 Å². The van der Waals surface area contributed by atoms with Gasteiger partial charge >= 0.3 is 0 Å². The number of benzene rings is 1. The lowest BCUT2D eigenvalue weighted by molar-refractivity contribution is -0.117. The zero-order valence-electron chi connectivity index (χ0n) is 19.1. The van der Waals surface area contributed by atoms with Crippen LogP contribution in [0, 0.1) is 0 Å². The molecule has 172 valence electrons. The van der Waals surface area contributed by atoms with Crippen LogP contribution in [0.4, 0.5) is 0 Å². The maximum absolute atomic E-state index is 11.7. The Labute approximate surface area is 198 Å². The number of nitrogens with zero attached hydrogens (tertiary/aromatic N) is 6. The molecule has 0 radical (unpaired) electrons. The quantitative estimate of drug-likeness (QED) is 0.442. The number of rotatable bonds is 6. The average Bonchev–Trinajstić information content (AvgIpc) is 3.54. The first-order chi connectivity index (χ1) is 16.6. The van der Waals surface area contributed by atoms with Gasteiger partial charge in [-0.1, -0.05) is 24.8 Å². The minimum absolute atomic E-state index is 0.116. The number of amides is 1. The second-order valence-electron chi connectivity index (χ2n) is 8.72. The van der Waals surface area contributed by atoms with Gasteiger partial charge in [0, 0.05) is 60.1 Å². The maximum atomic E-state index is 11.7. The summed E-state index contributed by atoms with van der Waals surface area (Å²) in [4.78, 5) is 20.9. The largest absolute Gasteiger partial charge is 0.350 e. The third kappa shape index (κ3) is 4.66. The summed E-state index contributed by atoms with van der Waals surface area (Å²) in [6, 6.07) is 8.57. The lowest BCUT2D eigenvalue weighted by Crippen LogP contribution is -2.38. The molecule has 3 aromatic heterocycles. The first kappa shape index (κ1) is 21.8. The van der Waals surface area contributed by atoms with Gasteiger partial charge in [-0.25, -0.2) is 9.97 Å². The molecule has 1 fully saturated rings. The van der Waals surface area contributed by atoms with Crippen molar-refractivity contribution < 1.29 is 4.79 Å². The van der Waals surface area contributed by atoms with Gasteiger partial charge in [-0.15, -0.1) is 0 Å². The van der Waals surface area contributed by atoms with E-state index in [1.807, 2.05) is 61.0 Å². The smallest absolute Gasteiger partial charge is 0.243 e. The van der Waals surface area contributed by atoms with E-state index in [1.54, 1.807) is 4.68 Å². The summed E-state index contributed by atoms with van der Waals surface area (Å²) in [6.45, 7) is 3.54. The van der Waals surface area contributed by atoms with Crippen molar-refractivity contribution in [1.29, 1.82) is 0 Å². The second kappa shape index (κ2) is 9.43. The summed E-state index contributed by atoms with van der Waals surface area (Å²) in [5, 5.41) is 11.9. The molecule has 1 aliphatic rings. The van der Waals surface area contributed by atoms with Gasteiger partial charge in [-0.3, -0.25) is 14.2 Å². The van der Waals surface area contributed by atoms with Gasteiger partial charge < -0.3 is 5.32 Å². The number of aryl methyl sites for hydroxylation is 1. The molecule has 8 heteroatoms. The van der Waals surface area contributed by atoms with Crippen LogP contribution >= 0.6 is 0 Å². The Balaban J connectivity index is 1.30. The van der Waals surface area contributed by atoms with Crippen LogP contribution in [0.25, 0.3) is 33.6 Å². The highest BCUT2D eigenvalue weighted by molar-refractivity contribution is 5.87. The Kier molecular flexibility index (Phi) is 6.03. The number of aromatic nitrogens is 6. The predicted octanol–water partition coefficient (Wildman–Crippen LogP) is 4.19. The Hall–Kier alpha value is -4.07. The summed E-state index contributed by atoms with van der Waals surface area (Å²) in [5.41, 5.74) is 4.99. The molecule has 8 nitrogen and oxygen atoms in total. The van der Waals surface area contributed by atoms with Crippen LogP contribution < -0.4 is 5.32 Å². The molecule has 34 heavy (non-hydrogen) atoms. The molecule has 1 N–H and O–H groups in total. The van der Waals surface area contributed by atoms with Gasteiger partial charge in [0.1, 0.15) is 0 Å². The summed E-state index contributed by atoms with van der Waals surface area (Å²) in [6.07, 6.45) is 16.7. The van der Waals surface area contributed by atoms with Crippen molar-refractivity contribution in [2.45, 2.75) is 37.8 Å². The van der Waals surface area contributed by atoms with Crippen molar-refractivity contribution in [3.05, 3.63) is 74.1 Å². The normalized spacial score (nSPS) is 17.9. The van der Waals surface area contributed by atoms with E-state index in [0.717, 1.165) is 53.5 Å². The number of carbonyl (C=O) groups is 1. The molecule has 1 saturated carbocycles. The van der Waals surface area contributed by atoms with Crippen molar-refractivity contribution in [3.8, 4) is 33.6 Å². The highest BCUT2D eigenvalue weighted by atomic mass is 16.1. The van der Waals surface area contributed by atoms with E-state index in [2.05, 4.69) is 44.2 Å².